The van der Waals surface area contributed by atoms with Crippen LogP contribution in [-0.4, -0.2) is 40.8 Å². The lowest BCUT2D eigenvalue weighted by molar-refractivity contribution is 0.0782. The van der Waals surface area contributed by atoms with Gasteiger partial charge in [0.25, 0.3) is 5.91 Å². The number of carbonyl (C=O) groups is 1. The van der Waals surface area contributed by atoms with Gasteiger partial charge < -0.3 is 14.4 Å². The second kappa shape index (κ2) is 8.38. The Morgan fingerprint density at radius 3 is 2.46 bits per heavy atom. The van der Waals surface area contributed by atoms with Gasteiger partial charge in [0.1, 0.15) is 0 Å². The van der Waals surface area contributed by atoms with Crippen molar-refractivity contribution in [2.24, 2.45) is 0 Å². The molecule has 0 saturated carbocycles. The Morgan fingerprint density at radius 2 is 1.83 bits per heavy atom. The second-order valence-corrected chi connectivity index (χ2v) is 5.35. The highest BCUT2D eigenvalue weighted by atomic mass is 16.5. The smallest absolute Gasteiger partial charge is 0.254 e. The molecule has 0 atom stereocenters. The zero-order valence-electron chi connectivity index (χ0n) is 14.8. The molecule has 0 unspecified atom stereocenters. The topological polar surface area (TPSA) is 56.6 Å². The average molecular weight is 331 g/mol. The molecule has 1 aromatic heterocycles. The maximum absolute atomic E-state index is 12.6. The second-order valence-electron chi connectivity index (χ2n) is 5.35. The first-order valence-corrected chi connectivity index (χ1v) is 8.26. The van der Waals surface area contributed by atoms with Crippen LogP contribution in [0.3, 0.4) is 0 Å². The number of aromatic nitrogens is 2. The summed E-state index contributed by atoms with van der Waals surface area (Å²) in [6.45, 7) is 8.19. The van der Waals surface area contributed by atoms with E-state index in [1.54, 1.807) is 30.1 Å². The first kappa shape index (κ1) is 17.8. The summed E-state index contributed by atoms with van der Waals surface area (Å²) < 4.78 is 13.0. The van der Waals surface area contributed by atoms with Crippen molar-refractivity contribution < 1.29 is 14.3 Å². The van der Waals surface area contributed by atoms with Crippen molar-refractivity contribution in [1.29, 1.82) is 0 Å². The zero-order valence-corrected chi connectivity index (χ0v) is 14.8. The summed E-state index contributed by atoms with van der Waals surface area (Å²) in [5, 5.41) is 4.41. The summed E-state index contributed by atoms with van der Waals surface area (Å²) in [5.41, 5.74) is 1.43. The van der Waals surface area contributed by atoms with Crippen LogP contribution in [0.2, 0.25) is 0 Å². The van der Waals surface area contributed by atoms with Crippen LogP contribution in [0.5, 0.6) is 11.5 Å². The Bertz CT molecular complexity index is 682. The van der Waals surface area contributed by atoms with Crippen LogP contribution >= 0.6 is 0 Å². The SMILES string of the molecule is CCOc1ccc(C(=O)N(C)Cc2ccn(CC)n2)cc1OCC. The number of rotatable bonds is 8. The molecular formula is C18H25N3O3. The van der Waals surface area contributed by atoms with Crippen LogP contribution < -0.4 is 9.47 Å². The molecule has 0 saturated heterocycles. The number of carbonyl (C=O) groups excluding carboxylic acids is 1. The molecule has 6 nitrogen and oxygen atoms in total. The third kappa shape index (κ3) is 4.28. The van der Waals surface area contributed by atoms with Gasteiger partial charge in [-0.3, -0.25) is 9.48 Å². The largest absolute Gasteiger partial charge is 0.490 e. The Hall–Kier alpha value is -2.50. The molecule has 130 valence electrons. The fraction of sp³-hybridized carbons (Fsp3) is 0.444. The molecule has 1 aromatic carbocycles. The summed E-state index contributed by atoms with van der Waals surface area (Å²) in [7, 11) is 1.77. The third-order valence-corrected chi connectivity index (χ3v) is 3.56. The van der Waals surface area contributed by atoms with Crippen LogP contribution in [0, 0.1) is 0 Å². The van der Waals surface area contributed by atoms with Crippen LogP contribution in [0.4, 0.5) is 0 Å². The molecule has 0 spiro atoms. The van der Waals surface area contributed by atoms with E-state index in [2.05, 4.69) is 5.10 Å². The van der Waals surface area contributed by atoms with Gasteiger partial charge in [0, 0.05) is 25.4 Å². The number of ether oxygens (including phenoxy) is 2. The summed E-state index contributed by atoms with van der Waals surface area (Å²) >= 11 is 0. The van der Waals surface area contributed by atoms with Gasteiger partial charge in [0.15, 0.2) is 11.5 Å². The van der Waals surface area contributed by atoms with Gasteiger partial charge in [0.05, 0.1) is 25.5 Å². The number of hydrogen-bond donors (Lipinski definition) is 0. The van der Waals surface area contributed by atoms with Gasteiger partial charge in [-0.25, -0.2) is 0 Å². The standard InChI is InChI=1S/C18H25N3O3/c1-5-21-11-10-15(19-21)13-20(4)18(22)14-8-9-16(23-6-2)17(12-14)24-7-3/h8-12H,5-7,13H2,1-4H3. The first-order chi connectivity index (χ1) is 11.6. The lowest BCUT2D eigenvalue weighted by Crippen LogP contribution is -2.26. The van der Waals surface area contributed by atoms with E-state index in [0.717, 1.165) is 12.2 Å². The lowest BCUT2D eigenvalue weighted by Gasteiger charge is -2.17. The summed E-state index contributed by atoms with van der Waals surface area (Å²) in [6.07, 6.45) is 1.91. The normalized spacial score (nSPS) is 10.5. The molecule has 0 fully saturated rings. The van der Waals surface area contributed by atoms with E-state index < -0.39 is 0 Å². The molecule has 0 aliphatic heterocycles. The highest BCUT2D eigenvalue weighted by molar-refractivity contribution is 5.94. The summed E-state index contributed by atoms with van der Waals surface area (Å²) in [6, 6.07) is 7.20. The molecule has 6 heteroatoms. The Morgan fingerprint density at radius 1 is 1.12 bits per heavy atom. The van der Waals surface area contributed by atoms with E-state index in [0.29, 0.717) is 36.8 Å². The first-order valence-electron chi connectivity index (χ1n) is 8.26. The third-order valence-electron chi connectivity index (χ3n) is 3.56. The molecular weight excluding hydrogens is 306 g/mol. The molecule has 2 aromatic rings. The van der Waals surface area contributed by atoms with E-state index in [4.69, 9.17) is 9.47 Å². The van der Waals surface area contributed by atoms with E-state index in [1.165, 1.54) is 0 Å². The van der Waals surface area contributed by atoms with Crippen LogP contribution in [-0.2, 0) is 13.1 Å². The predicted molar refractivity (Wildman–Crippen MR) is 92.5 cm³/mol. The van der Waals surface area contributed by atoms with E-state index in [1.807, 2.05) is 37.7 Å². The van der Waals surface area contributed by atoms with Crippen molar-refractivity contribution in [3.8, 4) is 11.5 Å². The summed E-state index contributed by atoms with van der Waals surface area (Å²) in [4.78, 5) is 14.3. The number of amides is 1. The Labute approximate surface area is 143 Å². The van der Waals surface area contributed by atoms with Crippen LogP contribution in [0.1, 0.15) is 36.8 Å². The Kier molecular flexibility index (Phi) is 6.23. The monoisotopic (exact) mass is 331 g/mol. The maximum atomic E-state index is 12.6. The number of aryl methyl sites for hydroxylation is 1. The molecule has 0 N–H and O–H groups in total. The molecule has 0 aliphatic carbocycles. The maximum Gasteiger partial charge on any atom is 0.254 e. The van der Waals surface area contributed by atoms with Gasteiger partial charge >= 0.3 is 0 Å². The number of hydrogen-bond acceptors (Lipinski definition) is 4. The molecule has 1 amide bonds. The van der Waals surface area contributed by atoms with Crippen molar-refractivity contribution in [1.82, 2.24) is 14.7 Å². The minimum Gasteiger partial charge on any atom is -0.490 e. The fourth-order valence-corrected chi connectivity index (χ4v) is 2.38. The van der Waals surface area contributed by atoms with Crippen molar-refractivity contribution >= 4 is 5.91 Å². The van der Waals surface area contributed by atoms with Gasteiger partial charge in [-0.05, 0) is 45.0 Å². The fourth-order valence-electron chi connectivity index (χ4n) is 2.38. The molecule has 0 radical (unpaired) electrons. The van der Waals surface area contributed by atoms with Gasteiger partial charge in [-0.15, -0.1) is 0 Å². The minimum absolute atomic E-state index is 0.0787. The van der Waals surface area contributed by atoms with Crippen molar-refractivity contribution in [2.45, 2.75) is 33.9 Å². The quantitative estimate of drug-likeness (QED) is 0.746. The van der Waals surface area contributed by atoms with Gasteiger partial charge in [0.2, 0.25) is 0 Å². The van der Waals surface area contributed by atoms with Gasteiger partial charge in [-0.1, -0.05) is 0 Å². The molecule has 0 aliphatic rings. The molecule has 0 bridgehead atoms. The van der Waals surface area contributed by atoms with Crippen LogP contribution in [0.15, 0.2) is 30.5 Å². The number of nitrogens with zero attached hydrogens (tertiary/aromatic N) is 3. The molecule has 2 rings (SSSR count). The highest BCUT2D eigenvalue weighted by Crippen LogP contribution is 2.29. The lowest BCUT2D eigenvalue weighted by atomic mass is 10.1. The molecule has 1 heterocycles. The highest BCUT2D eigenvalue weighted by Gasteiger charge is 2.16. The van der Waals surface area contributed by atoms with Crippen molar-refractivity contribution in [3.05, 3.63) is 41.7 Å². The van der Waals surface area contributed by atoms with Crippen molar-refractivity contribution in [3.63, 3.8) is 0 Å². The Balaban J connectivity index is 2.13. The van der Waals surface area contributed by atoms with E-state index >= 15 is 0 Å². The van der Waals surface area contributed by atoms with E-state index in [9.17, 15) is 4.79 Å². The van der Waals surface area contributed by atoms with Crippen molar-refractivity contribution in [2.75, 3.05) is 20.3 Å². The zero-order chi connectivity index (χ0) is 17.5. The minimum atomic E-state index is -0.0787. The summed E-state index contributed by atoms with van der Waals surface area (Å²) in [5.74, 6) is 1.17. The van der Waals surface area contributed by atoms with Gasteiger partial charge in [-0.2, -0.15) is 5.10 Å². The van der Waals surface area contributed by atoms with Crippen LogP contribution in [0.25, 0.3) is 0 Å². The predicted octanol–water partition coefficient (Wildman–Crippen LogP) is 2.97. The molecule has 24 heavy (non-hydrogen) atoms. The number of benzene rings is 1. The van der Waals surface area contributed by atoms with E-state index in [-0.39, 0.29) is 5.91 Å². The average Bonchev–Trinajstić information content (AvgIpc) is 3.03.